The zero-order valence-corrected chi connectivity index (χ0v) is 12.3. The highest BCUT2D eigenvalue weighted by Gasteiger charge is 2.16. The lowest BCUT2D eigenvalue weighted by molar-refractivity contribution is 0.0925. The van der Waals surface area contributed by atoms with Gasteiger partial charge in [0.25, 0.3) is 5.91 Å². The Balaban J connectivity index is 1.87. The van der Waals surface area contributed by atoms with Gasteiger partial charge in [-0.3, -0.25) is 4.79 Å². The second-order valence-electron chi connectivity index (χ2n) is 5.70. The molecule has 3 nitrogen and oxygen atoms in total. The summed E-state index contributed by atoms with van der Waals surface area (Å²) in [5, 5.41) is 2.99. The summed E-state index contributed by atoms with van der Waals surface area (Å²) in [7, 11) is 0. The molecule has 1 atom stereocenters. The van der Waals surface area contributed by atoms with Gasteiger partial charge >= 0.3 is 0 Å². The maximum atomic E-state index is 13.2. The molecule has 1 unspecified atom stereocenters. The number of hydrogen-bond acceptors (Lipinski definition) is 2. The molecule has 20 heavy (non-hydrogen) atoms. The van der Waals surface area contributed by atoms with Crippen LogP contribution in [0.4, 0.5) is 4.39 Å². The third-order valence-corrected chi connectivity index (χ3v) is 3.78. The minimum absolute atomic E-state index is 0.103. The predicted octanol–water partition coefficient (Wildman–Crippen LogP) is 2.74. The second-order valence-corrected chi connectivity index (χ2v) is 5.70. The van der Waals surface area contributed by atoms with Crippen molar-refractivity contribution in [3.8, 4) is 0 Å². The number of carbonyl (C=O) groups excluding carboxylic acids is 1. The number of rotatable bonds is 4. The van der Waals surface area contributed by atoms with Gasteiger partial charge in [0.15, 0.2) is 0 Å². The molecule has 1 aliphatic rings. The van der Waals surface area contributed by atoms with Crippen molar-refractivity contribution in [1.29, 1.82) is 0 Å². The van der Waals surface area contributed by atoms with Crippen LogP contribution in [-0.2, 0) is 0 Å². The summed E-state index contributed by atoms with van der Waals surface area (Å²) in [5.74, 6) is -0.402. The number of carbonyl (C=O) groups is 1. The van der Waals surface area contributed by atoms with Crippen LogP contribution >= 0.6 is 0 Å². The van der Waals surface area contributed by atoms with E-state index in [1.807, 2.05) is 6.92 Å². The van der Waals surface area contributed by atoms with E-state index in [0.717, 1.165) is 19.6 Å². The van der Waals surface area contributed by atoms with Gasteiger partial charge in [-0.15, -0.1) is 0 Å². The fraction of sp³-hybridized carbons (Fsp3) is 0.562. The average molecular weight is 278 g/mol. The van der Waals surface area contributed by atoms with E-state index in [1.165, 1.54) is 31.4 Å². The van der Waals surface area contributed by atoms with Crippen molar-refractivity contribution in [3.05, 3.63) is 35.1 Å². The summed E-state index contributed by atoms with van der Waals surface area (Å²) in [4.78, 5) is 14.5. The first kappa shape index (κ1) is 15.0. The third-order valence-electron chi connectivity index (χ3n) is 3.78. The van der Waals surface area contributed by atoms with Crippen molar-refractivity contribution < 1.29 is 9.18 Å². The summed E-state index contributed by atoms with van der Waals surface area (Å²) >= 11 is 0. The Hall–Kier alpha value is -1.42. The molecule has 0 bridgehead atoms. The summed E-state index contributed by atoms with van der Waals surface area (Å²) in [6.07, 6.45) is 3.81. The third kappa shape index (κ3) is 4.04. The van der Waals surface area contributed by atoms with Gasteiger partial charge in [-0.05, 0) is 63.5 Å². The van der Waals surface area contributed by atoms with Crippen LogP contribution in [0.3, 0.4) is 0 Å². The van der Waals surface area contributed by atoms with Crippen LogP contribution in [0.5, 0.6) is 0 Å². The summed E-state index contributed by atoms with van der Waals surface area (Å²) in [6, 6.07) is 4.58. The molecule has 1 aromatic carbocycles. The Morgan fingerprint density at radius 2 is 2.05 bits per heavy atom. The Morgan fingerprint density at radius 3 is 2.70 bits per heavy atom. The molecule has 4 heteroatoms. The van der Waals surface area contributed by atoms with Crippen LogP contribution in [0, 0.1) is 12.7 Å². The molecule has 0 aliphatic carbocycles. The maximum absolute atomic E-state index is 13.2. The van der Waals surface area contributed by atoms with Crippen molar-refractivity contribution in [2.24, 2.45) is 0 Å². The summed E-state index contributed by atoms with van der Waals surface area (Å²) in [5.41, 5.74) is 1.02. The highest BCUT2D eigenvalue weighted by atomic mass is 19.1. The van der Waals surface area contributed by atoms with Crippen molar-refractivity contribution in [2.45, 2.75) is 39.2 Å². The second kappa shape index (κ2) is 6.84. The Bertz CT molecular complexity index is 470. The number of aryl methyl sites for hydroxylation is 1. The molecule has 1 saturated heterocycles. The Morgan fingerprint density at radius 1 is 1.35 bits per heavy atom. The number of nitrogens with zero attached hydrogens (tertiary/aromatic N) is 1. The molecule has 1 N–H and O–H groups in total. The van der Waals surface area contributed by atoms with E-state index in [1.54, 1.807) is 13.0 Å². The van der Waals surface area contributed by atoms with Gasteiger partial charge in [0.1, 0.15) is 5.82 Å². The van der Waals surface area contributed by atoms with Crippen LogP contribution in [0.1, 0.15) is 42.1 Å². The molecule has 1 heterocycles. The van der Waals surface area contributed by atoms with Gasteiger partial charge in [0.05, 0.1) is 0 Å². The molecule has 0 radical (unpaired) electrons. The number of likely N-dealkylation sites (tertiary alicyclic amines) is 1. The minimum atomic E-state index is -0.275. The first-order valence-corrected chi connectivity index (χ1v) is 7.35. The van der Waals surface area contributed by atoms with Crippen molar-refractivity contribution in [1.82, 2.24) is 10.2 Å². The zero-order chi connectivity index (χ0) is 14.5. The van der Waals surface area contributed by atoms with Gasteiger partial charge in [-0.2, -0.15) is 0 Å². The van der Waals surface area contributed by atoms with E-state index in [0.29, 0.717) is 11.1 Å². The normalized spacial score (nSPS) is 17.8. The standard InChI is InChI=1S/C16H23FN2O/c1-12-10-14(6-7-15(12)17)16(20)18-13(2)11-19-8-4-3-5-9-19/h6-7,10,13H,3-5,8-9,11H2,1-2H3,(H,18,20). The molecule has 1 aromatic rings. The largest absolute Gasteiger partial charge is 0.348 e. The number of benzene rings is 1. The highest BCUT2D eigenvalue weighted by Crippen LogP contribution is 2.11. The number of nitrogens with one attached hydrogen (secondary N) is 1. The molecule has 0 spiro atoms. The van der Waals surface area contributed by atoms with Crippen molar-refractivity contribution >= 4 is 5.91 Å². The number of piperidine rings is 1. The molecule has 2 rings (SSSR count). The van der Waals surface area contributed by atoms with Crippen LogP contribution < -0.4 is 5.32 Å². The van der Waals surface area contributed by atoms with E-state index in [2.05, 4.69) is 10.2 Å². The van der Waals surface area contributed by atoms with Crippen LogP contribution in [0.25, 0.3) is 0 Å². The van der Waals surface area contributed by atoms with Gasteiger partial charge < -0.3 is 10.2 Å². The lowest BCUT2D eigenvalue weighted by Crippen LogP contribution is -2.43. The first-order chi connectivity index (χ1) is 9.56. The Kier molecular flexibility index (Phi) is 5.12. The number of amides is 1. The molecular weight excluding hydrogens is 255 g/mol. The fourth-order valence-electron chi connectivity index (χ4n) is 2.67. The van der Waals surface area contributed by atoms with Gasteiger partial charge in [-0.1, -0.05) is 6.42 Å². The van der Waals surface area contributed by atoms with Gasteiger partial charge in [0.2, 0.25) is 0 Å². The smallest absolute Gasteiger partial charge is 0.251 e. The molecule has 1 amide bonds. The average Bonchev–Trinajstić information content (AvgIpc) is 2.42. The lowest BCUT2D eigenvalue weighted by atomic mass is 10.1. The predicted molar refractivity (Wildman–Crippen MR) is 78.4 cm³/mol. The van der Waals surface area contributed by atoms with Gasteiger partial charge in [-0.25, -0.2) is 4.39 Å². The number of hydrogen-bond donors (Lipinski definition) is 1. The maximum Gasteiger partial charge on any atom is 0.251 e. The molecule has 1 aliphatic heterocycles. The molecule has 0 saturated carbocycles. The lowest BCUT2D eigenvalue weighted by Gasteiger charge is -2.29. The zero-order valence-electron chi connectivity index (χ0n) is 12.3. The monoisotopic (exact) mass is 278 g/mol. The van der Waals surface area contributed by atoms with E-state index < -0.39 is 0 Å². The van der Waals surface area contributed by atoms with E-state index in [-0.39, 0.29) is 17.8 Å². The summed E-state index contributed by atoms with van der Waals surface area (Å²) < 4.78 is 13.2. The number of halogens is 1. The van der Waals surface area contributed by atoms with E-state index in [4.69, 9.17) is 0 Å². The van der Waals surface area contributed by atoms with Crippen LogP contribution in [0.2, 0.25) is 0 Å². The molecule has 110 valence electrons. The minimum Gasteiger partial charge on any atom is -0.348 e. The van der Waals surface area contributed by atoms with Crippen LogP contribution in [0.15, 0.2) is 18.2 Å². The van der Waals surface area contributed by atoms with Crippen LogP contribution in [-0.4, -0.2) is 36.5 Å². The Labute approximate surface area is 120 Å². The van der Waals surface area contributed by atoms with E-state index >= 15 is 0 Å². The fourth-order valence-corrected chi connectivity index (χ4v) is 2.67. The highest BCUT2D eigenvalue weighted by molar-refractivity contribution is 5.94. The SMILES string of the molecule is Cc1cc(C(=O)NC(C)CN2CCCCC2)ccc1F. The topological polar surface area (TPSA) is 32.3 Å². The van der Waals surface area contributed by atoms with Crippen molar-refractivity contribution in [3.63, 3.8) is 0 Å². The van der Waals surface area contributed by atoms with E-state index in [9.17, 15) is 9.18 Å². The molecule has 0 aromatic heterocycles. The quantitative estimate of drug-likeness (QED) is 0.918. The summed E-state index contributed by atoms with van der Waals surface area (Å²) in [6.45, 7) is 6.81. The van der Waals surface area contributed by atoms with Gasteiger partial charge in [0, 0.05) is 18.2 Å². The molecular formula is C16H23FN2O. The first-order valence-electron chi connectivity index (χ1n) is 7.35. The van der Waals surface area contributed by atoms with Crippen molar-refractivity contribution in [2.75, 3.05) is 19.6 Å². The molecule has 1 fully saturated rings.